The summed E-state index contributed by atoms with van der Waals surface area (Å²) in [4.78, 5) is 25.6. The van der Waals surface area contributed by atoms with E-state index >= 15 is 0 Å². The van der Waals surface area contributed by atoms with Crippen LogP contribution in [0.15, 0.2) is 11.6 Å². The van der Waals surface area contributed by atoms with Crippen LogP contribution in [0.1, 0.15) is 34.1 Å². The van der Waals surface area contributed by atoms with Crippen molar-refractivity contribution in [3.05, 3.63) is 11.6 Å². The smallest absolute Gasteiger partial charge is 0.410 e. The lowest BCUT2D eigenvalue weighted by atomic mass is 9.97. The highest BCUT2D eigenvalue weighted by Gasteiger charge is 2.31. The Morgan fingerprint density at radius 3 is 2.67 bits per heavy atom. The predicted molar refractivity (Wildman–Crippen MR) is 79.9 cm³/mol. The van der Waals surface area contributed by atoms with E-state index in [1.807, 2.05) is 33.8 Å². The fourth-order valence-electron chi connectivity index (χ4n) is 2.50. The normalized spacial score (nSPS) is 27.0. The molecule has 0 radical (unpaired) electrons. The summed E-state index contributed by atoms with van der Waals surface area (Å²) in [6.45, 7) is 9.38. The first-order chi connectivity index (χ1) is 9.76. The van der Waals surface area contributed by atoms with Crippen LogP contribution in [0.3, 0.4) is 0 Å². The SMILES string of the molecule is CC1CNC(C2=CCN(C(=O)OC(C)(C)C)CC2)C(=O)N1. The van der Waals surface area contributed by atoms with Gasteiger partial charge in [-0.25, -0.2) is 4.79 Å². The van der Waals surface area contributed by atoms with Crippen molar-refractivity contribution >= 4 is 12.0 Å². The molecular formula is C15H25N3O3. The molecule has 6 nitrogen and oxygen atoms in total. The number of carbonyl (C=O) groups is 2. The third-order valence-corrected chi connectivity index (χ3v) is 3.55. The number of carbonyl (C=O) groups excluding carboxylic acids is 2. The average Bonchev–Trinajstić information content (AvgIpc) is 2.37. The van der Waals surface area contributed by atoms with Crippen molar-refractivity contribution in [3.8, 4) is 0 Å². The molecule has 0 aromatic carbocycles. The number of piperazine rings is 1. The zero-order valence-electron chi connectivity index (χ0n) is 13.2. The van der Waals surface area contributed by atoms with Gasteiger partial charge in [0, 0.05) is 25.7 Å². The third-order valence-electron chi connectivity index (χ3n) is 3.55. The first kappa shape index (κ1) is 15.8. The molecule has 21 heavy (non-hydrogen) atoms. The molecule has 1 fully saturated rings. The topological polar surface area (TPSA) is 70.7 Å². The maximum absolute atomic E-state index is 12.0. The minimum Gasteiger partial charge on any atom is -0.444 e. The predicted octanol–water partition coefficient (Wildman–Crippen LogP) is 1.03. The first-order valence-corrected chi connectivity index (χ1v) is 7.47. The average molecular weight is 295 g/mol. The zero-order chi connectivity index (χ0) is 15.6. The molecule has 1 saturated heterocycles. The van der Waals surface area contributed by atoms with Gasteiger partial charge in [-0.1, -0.05) is 6.08 Å². The summed E-state index contributed by atoms with van der Waals surface area (Å²) in [7, 11) is 0. The maximum atomic E-state index is 12.0. The van der Waals surface area contributed by atoms with Gasteiger partial charge in [0.2, 0.25) is 5.91 Å². The highest BCUT2D eigenvalue weighted by molar-refractivity contribution is 5.86. The van der Waals surface area contributed by atoms with Crippen molar-refractivity contribution in [1.82, 2.24) is 15.5 Å². The molecule has 2 heterocycles. The lowest BCUT2D eigenvalue weighted by molar-refractivity contribution is -0.124. The van der Waals surface area contributed by atoms with Gasteiger partial charge in [0.05, 0.1) is 0 Å². The van der Waals surface area contributed by atoms with Gasteiger partial charge in [-0.05, 0) is 39.7 Å². The summed E-state index contributed by atoms with van der Waals surface area (Å²) in [5, 5.41) is 6.20. The van der Waals surface area contributed by atoms with Crippen LogP contribution in [0, 0.1) is 0 Å². The van der Waals surface area contributed by atoms with E-state index in [1.54, 1.807) is 4.90 Å². The number of hydrogen-bond donors (Lipinski definition) is 2. The van der Waals surface area contributed by atoms with E-state index in [2.05, 4.69) is 10.6 Å². The van der Waals surface area contributed by atoms with Crippen LogP contribution in [0.5, 0.6) is 0 Å². The van der Waals surface area contributed by atoms with Crippen molar-refractivity contribution in [2.45, 2.75) is 51.8 Å². The standard InChI is InChI=1S/C15H25N3O3/c1-10-9-16-12(13(19)17-10)11-5-7-18(8-6-11)14(20)21-15(2,3)4/h5,10,12,16H,6-9H2,1-4H3,(H,17,19). The van der Waals surface area contributed by atoms with Crippen molar-refractivity contribution in [3.63, 3.8) is 0 Å². The summed E-state index contributed by atoms with van der Waals surface area (Å²) >= 11 is 0. The van der Waals surface area contributed by atoms with Gasteiger partial charge in [-0.3, -0.25) is 4.79 Å². The molecular weight excluding hydrogens is 270 g/mol. The molecule has 2 atom stereocenters. The second kappa shape index (κ2) is 6.05. The first-order valence-electron chi connectivity index (χ1n) is 7.47. The van der Waals surface area contributed by atoms with Crippen LogP contribution >= 0.6 is 0 Å². The van der Waals surface area contributed by atoms with Gasteiger partial charge in [0.1, 0.15) is 11.6 Å². The Hall–Kier alpha value is -1.56. The number of nitrogens with zero attached hydrogens (tertiary/aromatic N) is 1. The second-order valence-electron chi connectivity index (χ2n) is 6.71. The lowest BCUT2D eigenvalue weighted by Gasteiger charge is -2.34. The number of ether oxygens (including phenoxy) is 1. The van der Waals surface area contributed by atoms with E-state index in [0.29, 0.717) is 19.5 Å². The van der Waals surface area contributed by atoms with E-state index in [-0.39, 0.29) is 24.1 Å². The Kier molecular flexibility index (Phi) is 4.56. The quantitative estimate of drug-likeness (QED) is 0.709. The Morgan fingerprint density at radius 2 is 2.14 bits per heavy atom. The molecule has 0 bridgehead atoms. The minimum absolute atomic E-state index is 0.0192. The molecule has 0 spiro atoms. The molecule has 6 heteroatoms. The van der Waals surface area contributed by atoms with Crippen molar-refractivity contribution in [2.75, 3.05) is 19.6 Å². The Morgan fingerprint density at radius 1 is 1.43 bits per heavy atom. The molecule has 0 saturated carbocycles. The molecule has 0 aromatic rings. The van der Waals surface area contributed by atoms with Crippen molar-refractivity contribution in [1.29, 1.82) is 0 Å². The lowest BCUT2D eigenvalue weighted by Crippen LogP contribution is -2.58. The fraction of sp³-hybridized carbons (Fsp3) is 0.733. The molecule has 118 valence electrons. The molecule has 2 N–H and O–H groups in total. The molecule has 2 amide bonds. The Balaban J connectivity index is 1.93. The fourth-order valence-corrected chi connectivity index (χ4v) is 2.50. The number of amides is 2. The molecule has 2 unspecified atom stereocenters. The van der Waals surface area contributed by atoms with E-state index < -0.39 is 5.60 Å². The van der Waals surface area contributed by atoms with E-state index in [9.17, 15) is 9.59 Å². The third kappa shape index (κ3) is 4.20. The Labute approximate surface area is 125 Å². The largest absolute Gasteiger partial charge is 0.444 e. The van der Waals surface area contributed by atoms with Crippen LogP contribution in [-0.4, -0.2) is 54.2 Å². The second-order valence-corrected chi connectivity index (χ2v) is 6.71. The molecule has 0 aromatic heterocycles. The summed E-state index contributed by atoms with van der Waals surface area (Å²) in [6.07, 6.45) is 2.35. The Bertz CT molecular complexity index is 454. The van der Waals surface area contributed by atoms with E-state index in [1.165, 1.54) is 0 Å². The van der Waals surface area contributed by atoms with Crippen LogP contribution in [0.2, 0.25) is 0 Å². The monoisotopic (exact) mass is 295 g/mol. The number of hydrogen-bond acceptors (Lipinski definition) is 4. The molecule has 2 aliphatic rings. The number of nitrogens with one attached hydrogen (secondary N) is 2. The van der Waals surface area contributed by atoms with Crippen LogP contribution in [0.25, 0.3) is 0 Å². The maximum Gasteiger partial charge on any atom is 0.410 e. The highest BCUT2D eigenvalue weighted by atomic mass is 16.6. The number of rotatable bonds is 1. The minimum atomic E-state index is -0.484. The summed E-state index contributed by atoms with van der Waals surface area (Å²) in [5.74, 6) is 0.0192. The van der Waals surface area contributed by atoms with Gasteiger partial charge in [0.25, 0.3) is 0 Å². The van der Waals surface area contributed by atoms with E-state index in [0.717, 1.165) is 12.1 Å². The van der Waals surface area contributed by atoms with Crippen molar-refractivity contribution in [2.24, 2.45) is 0 Å². The van der Waals surface area contributed by atoms with Gasteiger partial charge in [-0.15, -0.1) is 0 Å². The van der Waals surface area contributed by atoms with Gasteiger partial charge < -0.3 is 20.3 Å². The van der Waals surface area contributed by atoms with Gasteiger partial charge in [-0.2, -0.15) is 0 Å². The molecule has 0 aliphatic carbocycles. The summed E-state index contributed by atoms with van der Waals surface area (Å²) in [5.41, 5.74) is 0.571. The summed E-state index contributed by atoms with van der Waals surface area (Å²) in [6, 6.07) is -0.0989. The van der Waals surface area contributed by atoms with Crippen LogP contribution in [0.4, 0.5) is 4.79 Å². The van der Waals surface area contributed by atoms with Crippen molar-refractivity contribution < 1.29 is 14.3 Å². The zero-order valence-corrected chi connectivity index (χ0v) is 13.2. The van der Waals surface area contributed by atoms with Crippen LogP contribution < -0.4 is 10.6 Å². The molecule has 2 aliphatic heterocycles. The van der Waals surface area contributed by atoms with Crippen LogP contribution in [-0.2, 0) is 9.53 Å². The van der Waals surface area contributed by atoms with E-state index in [4.69, 9.17) is 4.74 Å². The summed E-state index contributed by atoms with van der Waals surface area (Å²) < 4.78 is 5.36. The molecule has 2 rings (SSSR count). The van der Waals surface area contributed by atoms with Gasteiger partial charge >= 0.3 is 6.09 Å². The van der Waals surface area contributed by atoms with Gasteiger partial charge in [0.15, 0.2) is 0 Å². The highest BCUT2D eigenvalue weighted by Crippen LogP contribution is 2.18.